The van der Waals surface area contributed by atoms with Gasteiger partial charge in [-0.25, -0.2) is 14.6 Å². The molecule has 12 nitrogen and oxygen atoms in total. The van der Waals surface area contributed by atoms with Crippen LogP contribution in [0.3, 0.4) is 0 Å². The SMILES string of the molecule is Cc1cc(C)c(/C=N\Nc2cccc(C(=O)O)n2)[nH]1.Cc1cc(C)c(C=O)[nH]1.NCc1ccc(C(=O)O)cn1. The van der Waals surface area contributed by atoms with Crippen LogP contribution < -0.4 is 11.2 Å². The van der Waals surface area contributed by atoms with E-state index in [1.807, 2.05) is 39.8 Å². The fraction of sp³-hybridized carbons (Fsp3) is 0.185. The Balaban J connectivity index is 0.000000226. The van der Waals surface area contributed by atoms with Crippen LogP contribution in [-0.4, -0.2) is 54.6 Å². The number of carbonyl (C=O) groups is 3. The van der Waals surface area contributed by atoms with Gasteiger partial charge in [-0.05, 0) is 75.2 Å². The number of nitrogens with one attached hydrogen (secondary N) is 3. The minimum absolute atomic E-state index is 0.0212. The molecular weight excluding hydrogens is 502 g/mol. The van der Waals surface area contributed by atoms with Crippen molar-refractivity contribution >= 4 is 30.3 Å². The summed E-state index contributed by atoms with van der Waals surface area (Å²) in [6, 6.07) is 11.7. The molecule has 0 unspecified atom stereocenters. The van der Waals surface area contributed by atoms with Crippen LogP contribution in [0.2, 0.25) is 0 Å². The Hall–Kier alpha value is -5.10. The molecule has 204 valence electrons. The van der Waals surface area contributed by atoms with Crippen molar-refractivity contribution in [3.05, 3.63) is 99.5 Å². The molecular formula is C27H31N7O5. The summed E-state index contributed by atoms with van der Waals surface area (Å²) in [5.74, 6) is -1.65. The zero-order chi connectivity index (χ0) is 28.9. The Kier molecular flexibility index (Phi) is 11.3. The van der Waals surface area contributed by atoms with Crippen LogP contribution in [0.5, 0.6) is 0 Å². The molecule has 0 atom stereocenters. The van der Waals surface area contributed by atoms with E-state index in [9.17, 15) is 14.4 Å². The molecule has 4 aromatic rings. The molecule has 0 radical (unpaired) electrons. The standard InChI is InChI=1S/C13H14N4O2.C7H8N2O2.C7H9NO/c1-8-6-9(2)15-11(8)7-14-17-12-5-3-4-10(16-12)13(18)19;8-3-6-2-1-5(4-9-6)7(10)11;1-5-3-6(2)8-7(5)4-9/h3-7,15H,1-2H3,(H,16,17)(H,18,19);1-2,4H,3,8H2,(H,10,11);3-4,8H,1-2H3/b14-7-;;. The van der Waals surface area contributed by atoms with E-state index in [2.05, 4.69) is 30.5 Å². The zero-order valence-electron chi connectivity index (χ0n) is 22.0. The van der Waals surface area contributed by atoms with Crippen molar-refractivity contribution in [2.24, 2.45) is 10.8 Å². The van der Waals surface area contributed by atoms with Gasteiger partial charge < -0.3 is 25.9 Å². The number of aromatic nitrogens is 4. The molecule has 4 heterocycles. The maximum atomic E-state index is 10.8. The first-order valence-electron chi connectivity index (χ1n) is 11.7. The van der Waals surface area contributed by atoms with Crippen LogP contribution in [0.4, 0.5) is 5.82 Å². The number of carbonyl (C=O) groups excluding carboxylic acids is 1. The maximum Gasteiger partial charge on any atom is 0.354 e. The predicted molar refractivity (Wildman–Crippen MR) is 147 cm³/mol. The van der Waals surface area contributed by atoms with E-state index in [1.54, 1.807) is 24.4 Å². The average molecular weight is 534 g/mol. The highest BCUT2D eigenvalue weighted by molar-refractivity contribution is 5.87. The Morgan fingerprint density at radius 2 is 1.62 bits per heavy atom. The number of nitrogens with two attached hydrogens (primary N) is 1. The van der Waals surface area contributed by atoms with Crippen molar-refractivity contribution < 1.29 is 24.6 Å². The minimum atomic E-state index is -1.07. The number of hydrogen-bond acceptors (Lipinski definition) is 8. The topological polar surface area (TPSA) is 199 Å². The van der Waals surface area contributed by atoms with Gasteiger partial charge in [0.25, 0.3) is 0 Å². The highest BCUT2D eigenvalue weighted by Gasteiger charge is 2.04. The summed E-state index contributed by atoms with van der Waals surface area (Å²) in [6.45, 7) is 8.12. The third-order valence-electron chi connectivity index (χ3n) is 5.12. The lowest BCUT2D eigenvalue weighted by atomic mass is 10.2. The molecule has 0 spiro atoms. The molecule has 7 N–H and O–H groups in total. The summed E-state index contributed by atoms with van der Waals surface area (Å²) in [7, 11) is 0. The number of aryl methyl sites for hydroxylation is 4. The fourth-order valence-corrected chi connectivity index (χ4v) is 3.21. The first kappa shape index (κ1) is 30.1. The number of hydrazone groups is 1. The second-order valence-corrected chi connectivity index (χ2v) is 8.35. The quantitative estimate of drug-likeness (QED) is 0.116. The molecule has 0 bridgehead atoms. The Morgan fingerprint density at radius 1 is 0.974 bits per heavy atom. The number of pyridine rings is 2. The van der Waals surface area contributed by atoms with Gasteiger partial charge in [0, 0.05) is 24.1 Å². The van der Waals surface area contributed by atoms with Gasteiger partial charge in [-0.3, -0.25) is 15.2 Å². The molecule has 0 amide bonds. The van der Waals surface area contributed by atoms with Crippen LogP contribution in [0.25, 0.3) is 0 Å². The number of nitrogens with zero attached hydrogens (tertiary/aromatic N) is 3. The number of anilines is 1. The molecule has 0 fully saturated rings. The number of carboxylic acid groups (broad SMARTS) is 2. The molecule has 0 aliphatic carbocycles. The number of aromatic carboxylic acids is 2. The fourth-order valence-electron chi connectivity index (χ4n) is 3.21. The van der Waals surface area contributed by atoms with Crippen molar-refractivity contribution in [2.45, 2.75) is 34.2 Å². The van der Waals surface area contributed by atoms with Gasteiger partial charge in [-0.15, -0.1) is 0 Å². The summed E-state index contributed by atoms with van der Waals surface area (Å²) in [6.07, 6.45) is 3.77. The van der Waals surface area contributed by atoms with E-state index in [1.165, 1.54) is 18.3 Å². The van der Waals surface area contributed by atoms with Crippen LogP contribution >= 0.6 is 0 Å². The van der Waals surface area contributed by atoms with Crippen LogP contribution in [0.1, 0.15) is 65.2 Å². The minimum Gasteiger partial charge on any atom is -0.478 e. The van der Waals surface area contributed by atoms with Gasteiger partial charge in [0.1, 0.15) is 5.82 Å². The van der Waals surface area contributed by atoms with E-state index in [-0.39, 0.29) is 11.3 Å². The lowest BCUT2D eigenvalue weighted by Gasteiger charge is -2.00. The lowest BCUT2D eigenvalue weighted by Crippen LogP contribution is -2.02. The molecule has 0 aromatic carbocycles. The number of hydrogen-bond donors (Lipinski definition) is 6. The van der Waals surface area contributed by atoms with Gasteiger partial charge in [0.05, 0.1) is 28.9 Å². The molecule has 39 heavy (non-hydrogen) atoms. The lowest BCUT2D eigenvalue weighted by molar-refractivity contribution is 0.0682. The van der Waals surface area contributed by atoms with Crippen molar-refractivity contribution in [1.29, 1.82) is 0 Å². The van der Waals surface area contributed by atoms with Crippen molar-refractivity contribution in [1.82, 2.24) is 19.9 Å². The number of aromatic amines is 2. The van der Waals surface area contributed by atoms with E-state index < -0.39 is 11.9 Å². The zero-order valence-corrected chi connectivity index (χ0v) is 22.0. The van der Waals surface area contributed by atoms with Crippen LogP contribution in [-0.2, 0) is 6.54 Å². The van der Waals surface area contributed by atoms with E-state index in [0.717, 1.165) is 34.5 Å². The molecule has 0 aliphatic rings. The molecule has 0 saturated carbocycles. The second kappa shape index (κ2) is 14.6. The van der Waals surface area contributed by atoms with Gasteiger partial charge >= 0.3 is 11.9 Å². The average Bonchev–Trinajstić information content (AvgIpc) is 3.42. The van der Waals surface area contributed by atoms with Crippen molar-refractivity contribution in [3.8, 4) is 0 Å². The first-order valence-corrected chi connectivity index (χ1v) is 11.7. The van der Waals surface area contributed by atoms with Crippen LogP contribution in [0.15, 0.2) is 53.8 Å². The highest BCUT2D eigenvalue weighted by Crippen LogP contribution is 2.08. The third-order valence-corrected chi connectivity index (χ3v) is 5.12. The monoisotopic (exact) mass is 533 g/mol. The number of H-pyrrole nitrogens is 2. The van der Waals surface area contributed by atoms with Gasteiger partial charge in [0.2, 0.25) is 0 Å². The smallest absolute Gasteiger partial charge is 0.354 e. The first-order chi connectivity index (χ1) is 18.5. The van der Waals surface area contributed by atoms with Crippen LogP contribution in [0, 0.1) is 27.7 Å². The number of aldehydes is 1. The van der Waals surface area contributed by atoms with Crippen molar-refractivity contribution in [2.75, 3.05) is 5.43 Å². The Bertz CT molecular complexity index is 1440. The second-order valence-electron chi connectivity index (χ2n) is 8.35. The predicted octanol–water partition coefficient (Wildman–Crippen LogP) is 3.85. The normalized spacial score (nSPS) is 10.2. The molecule has 12 heteroatoms. The summed E-state index contributed by atoms with van der Waals surface area (Å²) in [4.78, 5) is 45.1. The summed E-state index contributed by atoms with van der Waals surface area (Å²) in [5, 5.41) is 21.3. The van der Waals surface area contributed by atoms with E-state index in [0.29, 0.717) is 23.8 Å². The summed E-state index contributed by atoms with van der Waals surface area (Å²) in [5.41, 5.74) is 14.6. The Morgan fingerprint density at radius 3 is 2.05 bits per heavy atom. The summed E-state index contributed by atoms with van der Waals surface area (Å²) < 4.78 is 0. The molecule has 0 saturated heterocycles. The molecule has 4 rings (SSSR count). The Labute approximate surface area is 225 Å². The van der Waals surface area contributed by atoms with E-state index >= 15 is 0 Å². The van der Waals surface area contributed by atoms with E-state index in [4.69, 9.17) is 15.9 Å². The molecule has 4 aromatic heterocycles. The maximum absolute atomic E-state index is 10.8. The number of carboxylic acids is 2. The van der Waals surface area contributed by atoms with Gasteiger partial charge in [-0.1, -0.05) is 6.07 Å². The van der Waals surface area contributed by atoms with Gasteiger partial charge in [0.15, 0.2) is 12.0 Å². The van der Waals surface area contributed by atoms with Gasteiger partial charge in [-0.2, -0.15) is 5.10 Å². The highest BCUT2D eigenvalue weighted by atomic mass is 16.4. The number of rotatable bonds is 7. The third kappa shape index (κ3) is 9.70. The summed E-state index contributed by atoms with van der Waals surface area (Å²) >= 11 is 0. The molecule has 0 aliphatic heterocycles. The largest absolute Gasteiger partial charge is 0.478 e. The van der Waals surface area contributed by atoms with Crippen molar-refractivity contribution in [3.63, 3.8) is 0 Å².